The van der Waals surface area contributed by atoms with Gasteiger partial charge in [-0.1, -0.05) is 23.7 Å². The average molecular weight is 376 g/mol. The van der Waals surface area contributed by atoms with Gasteiger partial charge in [-0.3, -0.25) is 4.79 Å². The minimum atomic E-state index is -0.378. The van der Waals surface area contributed by atoms with Crippen LogP contribution in [0.5, 0.6) is 0 Å². The number of morpholine rings is 1. The van der Waals surface area contributed by atoms with E-state index < -0.39 is 0 Å². The Balaban J connectivity index is 1.70. The Bertz CT molecular complexity index is 835. The van der Waals surface area contributed by atoms with Crippen LogP contribution in [-0.2, 0) is 4.74 Å². The normalized spacial score (nSPS) is 15.0. The van der Waals surface area contributed by atoms with Crippen molar-refractivity contribution in [2.24, 2.45) is 5.10 Å². The van der Waals surface area contributed by atoms with Gasteiger partial charge in [0.25, 0.3) is 5.91 Å². The number of carbonyl (C=O) groups excluding carboxylic acids is 1. The second-order valence-corrected chi connectivity index (χ2v) is 6.35. The first-order valence-electron chi connectivity index (χ1n) is 8.27. The first-order chi connectivity index (χ1) is 12.5. The minimum absolute atomic E-state index is 0.319. The molecule has 1 aliphatic heterocycles. The molecule has 1 N–H and O–H groups in total. The van der Waals surface area contributed by atoms with Gasteiger partial charge in [0.15, 0.2) is 0 Å². The second kappa shape index (κ2) is 8.29. The zero-order valence-electron chi connectivity index (χ0n) is 14.3. The zero-order valence-corrected chi connectivity index (χ0v) is 15.1. The number of nitrogens with one attached hydrogen (secondary N) is 1. The Morgan fingerprint density at radius 1 is 1.19 bits per heavy atom. The molecule has 0 radical (unpaired) electrons. The third-order valence-corrected chi connectivity index (χ3v) is 4.36. The summed E-state index contributed by atoms with van der Waals surface area (Å²) in [6.45, 7) is 4.23. The summed E-state index contributed by atoms with van der Waals surface area (Å²) in [6.07, 6.45) is 0. The van der Waals surface area contributed by atoms with Gasteiger partial charge in [-0.2, -0.15) is 5.10 Å². The molecule has 1 saturated heterocycles. The van der Waals surface area contributed by atoms with Gasteiger partial charge >= 0.3 is 0 Å². The van der Waals surface area contributed by atoms with Crippen LogP contribution < -0.4 is 10.3 Å². The van der Waals surface area contributed by atoms with Gasteiger partial charge in [0, 0.05) is 29.2 Å². The maximum absolute atomic E-state index is 14.5. The number of hydrogen-bond donors (Lipinski definition) is 1. The number of carbonyl (C=O) groups is 1. The number of hydrazone groups is 1. The van der Waals surface area contributed by atoms with Gasteiger partial charge in [0.05, 0.1) is 24.6 Å². The number of ether oxygens (including phenoxy) is 1. The molecule has 3 rings (SSSR count). The number of hydrogen-bond acceptors (Lipinski definition) is 4. The Labute approximate surface area is 156 Å². The van der Waals surface area contributed by atoms with Crippen molar-refractivity contribution in [2.75, 3.05) is 31.2 Å². The summed E-state index contributed by atoms with van der Waals surface area (Å²) in [7, 11) is 0. The van der Waals surface area contributed by atoms with Crippen molar-refractivity contribution >= 4 is 28.9 Å². The lowest BCUT2D eigenvalue weighted by molar-refractivity contribution is 0.0955. The first kappa shape index (κ1) is 18.4. The molecule has 5 nitrogen and oxygen atoms in total. The standard InChI is InChI=1S/C19H19ClFN3O2/c1-13(22-23-19(25)15-3-2-4-16(20)11-15)14-5-6-18(17(21)12-14)24-7-9-26-10-8-24/h2-6,11-12H,7-10H2,1H3,(H,23,25)/b22-13-. The third kappa shape index (κ3) is 4.39. The van der Waals surface area contributed by atoms with E-state index in [1.807, 2.05) is 4.90 Å². The highest BCUT2D eigenvalue weighted by Gasteiger charge is 2.16. The molecular weight excluding hydrogens is 357 g/mol. The van der Waals surface area contributed by atoms with Crippen molar-refractivity contribution in [3.05, 3.63) is 64.4 Å². The van der Waals surface area contributed by atoms with Gasteiger partial charge < -0.3 is 9.64 Å². The molecule has 26 heavy (non-hydrogen) atoms. The van der Waals surface area contributed by atoms with Crippen LogP contribution >= 0.6 is 11.6 Å². The molecule has 0 bridgehead atoms. The number of nitrogens with zero attached hydrogens (tertiary/aromatic N) is 2. The molecule has 1 aliphatic rings. The van der Waals surface area contributed by atoms with Crippen LogP contribution in [0.25, 0.3) is 0 Å². The number of amides is 1. The van der Waals surface area contributed by atoms with Crippen LogP contribution in [-0.4, -0.2) is 37.9 Å². The van der Waals surface area contributed by atoms with E-state index in [4.69, 9.17) is 16.3 Å². The van der Waals surface area contributed by atoms with E-state index in [0.29, 0.717) is 53.9 Å². The predicted molar refractivity (Wildman–Crippen MR) is 101 cm³/mol. The highest BCUT2D eigenvalue weighted by atomic mass is 35.5. The molecular formula is C19H19ClFN3O2. The van der Waals surface area contributed by atoms with Crippen LogP contribution in [0.1, 0.15) is 22.8 Å². The van der Waals surface area contributed by atoms with E-state index >= 15 is 0 Å². The van der Waals surface area contributed by atoms with Gasteiger partial charge in [-0.15, -0.1) is 0 Å². The van der Waals surface area contributed by atoms with E-state index in [9.17, 15) is 9.18 Å². The predicted octanol–water partition coefficient (Wildman–Crippen LogP) is 3.47. The van der Waals surface area contributed by atoms with E-state index in [2.05, 4.69) is 10.5 Å². The number of rotatable bonds is 4. The van der Waals surface area contributed by atoms with Crippen molar-refractivity contribution < 1.29 is 13.9 Å². The summed E-state index contributed by atoms with van der Waals surface area (Å²) in [5.41, 5.74) is 4.53. The lowest BCUT2D eigenvalue weighted by Gasteiger charge is -2.29. The topological polar surface area (TPSA) is 53.9 Å². The van der Waals surface area contributed by atoms with Gasteiger partial charge in [0.2, 0.25) is 0 Å². The summed E-state index contributed by atoms with van der Waals surface area (Å²) in [4.78, 5) is 14.0. The summed E-state index contributed by atoms with van der Waals surface area (Å²) in [5, 5.41) is 4.53. The highest BCUT2D eigenvalue weighted by Crippen LogP contribution is 2.22. The van der Waals surface area contributed by atoms with Crippen LogP contribution in [0.15, 0.2) is 47.6 Å². The van der Waals surface area contributed by atoms with Crippen molar-refractivity contribution in [3.8, 4) is 0 Å². The van der Waals surface area contributed by atoms with E-state index in [0.717, 1.165) is 0 Å². The van der Waals surface area contributed by atoms with Crippen LogP contribution in [0, 0.1) is 5.82 Å². The highest BCUT2D eigenvalue weighted by molar-refractivity contribution is 6.30. The van der Waals surface area contributed by atoms with Crippen molar-refractivity contribution in [1.29, 1.82) is 0 Å². The fourth-order valence-corrected chi connectivity index (χ4v) is 2.88. The maximum atomic E-state index is 14.5. The molecule has 0 atom stereocenters. The molecule has 2 aromatic rings. The van der Waals surface area contributed by atoms with Gasteiger partial charge in [-0.05, 0) is 37.3 Å². The molecule has 1 heterocycles. The minimum Gasteiger partial charge on any atom is -0.378 e. The molecule has 0 spiro atoms. The summed E-state index contributed by atoms with van der Waals surface area (Å²) < 4.78 is 19.8. The van der Waals surface area contributed by atoms with Crippen LogP contribution in [0.2, 0.25) is 5.02 Å². The van der Waals surface area contributed by atoms with E-state index in [1.54, 1.807) is 43.3 Å². The number of benzene rings is 2. The Morgan fingerprint density at radius 2 is 1.96 bits per heavy atom. The van der Waals surface area contributed by atoms with Crippen molar-refractivity contribution in [3.63, 3.8) is 0 Å². The molecule has 0 saturated carbocycles. The van der Waals surface area contributed by atoms with E-state index in [1.165, 1.54) is 6.07 Å². The largest absolute Gasteiger partial charge is 0.378 e. The lowest BCUT2D eigenvalue weighted by atomic mass is 10.1. The average Bonchev–Trinajstić information content (AvgIpc) is 2.66. The molecule has 7 heteroatoms. The molecule has 2 aromatic carbocycles. The molecule has 1 fully saturated rings. The Hall–Kier alpha value is -2.44. The molecule has 136 valence electrons. The van der Waals surface area contributed by atoms with Crippen molar-refractivity contribution in [2.45, 2.75) is 6.92 Å². The van der Waals surface area contributed by atoms with E-state index in [-0.39, 0.29) is 11.7 Å². The lowest BCUT2D eigenvalue weighted by Crippen LogP contribution is -2.36. The molecule has 0 unspecified atom stereocenters. The second-order valence-electron chi connectivity index (χ2n) is 5.91. The van der Waals surface area contributed by atoms with Gasteiger partial charge in [-0.25, -0.2) is 9.82 Å². The fourth-order valence-electron chi connectivity index (χ4n) is 2.69. The maximum Gasteiger partial charge on any atom is 0.271 e. The summed E-state index contributed by atoms with van der Waals surface area (Å²) in [5.74, 6) is -0.697. The third-order valence-electron chi connectivity index (χ3n) is 4.13. The quantitative estimate of drug-likeness (QED) is 0.657. The fraction of sp³-hybridized carbons (Fsp3) is 0.263. The molecule has 0 aliphatic carbocycles. The Kier molecular flexibility index (Phi) is 5.85. The number of halogens is 2. The van der Waals surface area contributed by atoms with Gasteiger partial charge in [0.1, 0.15) is 5.82 Å². The monoisotopic (exact) mass is 375 g/mol. The molecule has 0 aromatic heterocycles. The smallest absolute Gasteiger partial charge is 0.271 e. The summed E-state index contributed by atoms with van der Waals surface area (Å²) >= 11 is 5.87. The van der Waals surface area contributed by atoms with Crippen molar-refractivity contribution in [1.82, 2.24) is 5.43 Å². The number of anilines is 1. The summed E-state index contributed by atoms with van der Waals surface area (Å²) in [6, 6.07) is 11.5. The molecule has 1 amide bonds. The van der Waals surface area contributed by atoms with Crippen LogP contribution in [0.4, 0.5) is 10.1 Å². The SMILES string of the molecule is C/C(=N/NC(=O)c1cccc(Cl)c1)c1ccc(N2CCOCC2)c(F)c1. The zero-order chi connectivity index (χ0) is 18.5. The Morgan fingerprint density at radius 3 is 2.65 bits per heavy atom. The van der Waals surface area contributed by atoms with Crippen LogP contribution in [0.3, 0.4) is 0 Å². The first-order valence-corrected chi connectivity index (χ1v) is 8.65.